The summed E-state index contributed by atoms with van der Waals surface area (Å²) in [6.07, 6.45) is 7.16. The Hall–Kier alpha value is -1.19. The van der Waals surface area contributed by atoms with Gasteiger partial charge in [-0.1, -0.05) is 49.8 Å². The monoisotopic (exact) mass is 292 g/mol. The van der Waals surface area contributed by atoms with Gasteiger partial charge in [0.25, 0.3) is 0 Å². The molecule has 0 unspecified atom stereocenters. The standard InChI is InChI=1S/C18H25FO2/c1-3-5-6-7-15-8-10-16(11-9-15)17-20-13-18(19,12-4-2)14-21-17/h3,5,8-11,17H,4,6-7,12-14H2,1-2H3. The molecule has 1 saturated heterocycles. The van der Waals surface area contributed by atoms with E-state index in [0.717, 1.165) is 24.8 Å². The lowest BCUT2D eigenvalue weighted by Crippen LogP contribution is -2.41. The number of halogens is 1. The molecule has 1 fully saturated rings. The van der Waals surface area contributed by atoms with Crippen LogP contribution in [0.5, 0.6) is 0 Å². The number of rotatable bonds is 6. The van der Waals surface area contributed by atoms with Gasteiger partial charge >= 0.3 is 0 Å². The molecule has 0 amide bonds. The van der Waals surface area contributed by atoms with E-state index in [1.807, 2.05) is 26.0 Å². The summed E-state index contributed by atoms with van der Waals surface area (Å²) in [5, 5.41) is 0. The van der Waals surface area contributed by atoms with E-state index in [1.54, 1.807) is 0 Å². The number of alkyl halides is 1. The number of aryl methyl sites for hydroxylation is 1. The number of hydrogen-bond donors (Lipinski definition) is 0. The number of hydrogen-bond acceptors (Lipinski definition) is 2. The molecule has 0 bridgehead atoms. The Labute approximate surface area is 127 Å². The minimum absolute atomic E-state index is 0.120. The molecule has 0 atom stereocenters. The third-order valence-electron chi connectivity index (χ3n) is 3.77. The van der Waals surface area contributed by atoms with Crippen LogP contribution in [-0.2, 0) is 15.9 Å². The van der Waals surface area contributed by atoms with Gasteiger partial charge in [-0.25, -0.2) is 4.39 Å². The SMILES string of the molecule is CC=CCCc1ccc(C2OCC(F)(CCC)CO2)cc1. The van der Waals surface area contributed by atoms with Gasteiger partial charge in [0.15, 0.2) is 12.0 Å². The molecule has 21 heavy (non-hydrogen) atoms. The van der Waals surface area contributed by atoms with Gasteiger partial charge in [-0.2, -0.15) is 0 Å². The molecule has 1 aliphatic heterocycles. The molecule has 1 aromatic carbocycles. The zero-order valence-electron chi connectivity index (χ0n) is 13.0. The fourth-order valence-corrected chi connectivity index (χ4v) is 2.58. The lowest BCUT2D eigenvalue weighted by molar-refractivity contribution is -0.238. The molecule has 2 nitrogen and oxygen atoms in total. The third-order valence-corrected chi connectivity index (χ3v) is 3.77. The van der Waals surface area contributed by atoms with E-state index in [9.17, 15) is 4.39 Å². The third kappa shape index (κ3) is 4.65. The topological polar surface area (TPSA) is 18.5 Å². The lowest BCUT2D eigenvalue weighted by atomic mass is 10.0. The average molecular weight is 292 g/mol. The van der Waals surface area contributed by atoms with E-state index in [0.29, 0.717) is 6.42 Å². The van der Waals surface area contributed by atoms with Gasteiger partial charge in [-0.05, 0) is 31.7 Å². The molecular formula is C18H25FO2. The first-order chi connectivity index (χ1) is 10.2. The van der Waals surface area contributed by atoms with Crippen molar-refractivity contribution in [3.63, 3.8) is 0 Å². The summed E-state index contributed by atoms with van der Waals surface area (Å²) >= 11 is 0. The molecule has 116 valence electrons. The molecular weight excluding hydrogens is 267 g/mol. The van der Waals surface area contributed by atoms with E-state index in [2.05, 4.69) is 24.3 Å². The molecule has 0 radical (unpaired) electrons. The van der Waals surface area contributed by atoms with Gasteiger partial charge in [0.05, 0.1) is 13.2 Å². The van der Waals surface area contributed by atoms with Crippen molar-refractivity contribution in [3.8, 4) is 0 Å². The number of ether oxygens (including phenoxy) is 2. The Kier molecular flexibility index (Phi) is 5.95. The Balaban J connectivity index is 1.88. The Bertz CT molecular complexity index is 445. The van der Waals surface area contributed by atoms with Crippen LogP contribution in [-0.4, -0.2) is 18.9 Å². The normalized spacial score (nSPS) is 26.3. The summed E-state index contributed by atoms with van der Waals surface area (Å²) in [6.45, 7) is 4.24. The second-order valence-electron chi connectivity index (χ2n) is 5.70. The maximum atomic E-state index is 14.2. The summed E-state index contributed by atoms with van der Waals surface area (Å²) in [5.41, 5.74) is 0.930. The van der Waals surface area contributed by atoms with Crippen molar-refractivity contribution in [1.29, 1.82) is 0 Å². The first kappa shape index (κ1) is 16.2. The first-order valence-corrected chi connectivity index (χ1v) is 7.79. The van der Waals surface area contributed by atoms with Crippen molar-refractivity contribution < 1.29 is 13.9 Å². The lowest BCUT2D eigenvalue weighted by Gasteiger charge is -2.34. The van der Waals surface area contributed by atoms with Crippen molar-refractivity contribution >= 4 is 0 Å². The molecule has 0 saturated carbocycles. The predicted octanol–water partition coefficient (Wildman–Crippen LogP) is 4.75. The second-order valence-corrected chi connectivity index (χ2v) is 5.70. The quantitative estimate of drug-likeness (QED) is 0.704. The first-order valence-electron chi connectivity index (χ1n) is 7.79. The number of benzene rings is 1. The van der Waals surface area contributed by atoms with E-state index in [4.69, 9.17) is 9.47 Å². The molecule has 1 heterocycles. The Morgan fingerprint density at radius 1 is 1.24 bits per heavy atom. The van der Waals surface area contributed by atoms with E-state index in [1.165, 1.54) is 5.56 Å². The van der Waals surface area contributed by atoms with Crippen LogP contribution in [0.2, 0.25) is 0 Å². The fourth-order valence-electron chi connectivity index (χ4n) is 2.58. The molecule has 0 N–H and O–H groups in total. The predicted molar refractivity (Wildman–Crippen MR) is 83.0 cm³/mol. The van der Waals surface area contributed by atoms with Gasteiger partial charge in [-0.3, -0.25) is 0 Å². The van der Waals surface area contributed by atoms with Gasteiger partial charge in [0, 0.05) is 5.56 Å². The highest BCUT2D eigenvalue weighted by Gasteiger charge is 2.36. The molecule has 1 aromatic rings. The van der Waals surface area contributed by atoms with Gasteiger partial charge < -0.3 is 9.47 Å². The highest BCUT2D eigenvalue weighted by molar-refractivity contribution is 5.24. The highest BCUT2D eigenvalue weighted by Crippen LogP contribution is 2.31. The number of allylic oxidation sites excluding steroid dienone is 2. The highest BCUT2D eigenvalue weighted by atomic mass is 19.1. The molecule has 2 rings (SSSR count). The van der Waals surface area contributed by atoms with Crippen LogP contribution in [0.15, 0.2) is 36.4 Å². The summed E-state index contributed by atoms with van der Waals surface area (Å²) in [7, 11) is 0. The van der Waals surface area contributed by atoms with Crippen LogP contribution in [0.25, 0.3) is 0 Å². The average Bonchev–Trinajstić information content (AvgIpc) is 2.49. The molecule has 0 spiro atoms. The summed E-state index contributed by atoms with van der Waals surface area (Å²) in [5.74, 6) is 0. The minimum atomic E-state index is -1.32. The summed E-state index contributed by atoms with van der Waals surface area (Å²) < 4.78 is 25.4. The van der Waals surface area contributed by atoms with E-state index >= 15 is 0 Å². The maximum absolute atomic E-state index is 14.2. The summed E-state index contributed by atoms with van der Waals surface area (Å²) in [4.78, 5) is 0. The van der Waals surface area contributed by atoms with Crippen molar-refractivity contribution in [2.24, 2.45) is 0 Å². The van der Waals surface area contributed by atoms with Crippen molar-refractivity contribution in [3.05, 3.63) is 47.5 Å². The van der Waals surface area contributed by atoms with Gasteiger partial charge in [-0.15, -0.1) is 0 Å². The minimum Gasteiger partial charge on any atom is -0.345 e. The summed E-state index contributed by atoms with van der Waals surface area (Å²) in [6, 6.07) is 8.21. The molecule has 1 aliphatic rings. The maximum Gasteiger partial charge on any atom is 0.184 e. The smallest absolute Gasteiger partial charge is 0.184 e. The van der Waals surface area contributed by atoms with Crippen LogP contribution >= 0.6 is 0 Å². The van der Waals surface area contributed by atoms with Crippen LogP contribution in [0, 0.1) is 0 Å². The zero-order valence-corrected chi connectivity index (χ0v) is 13.0. The Morgan fingerprint density at radius 2 is 1.90 bits per heavy atom. The van der Waals surface area contributed by atoms with Crippen LogP contribution < -0.4 is 0 Å². The van der Waals surface area contributed by atoms with Crippen molar-refractivity contribution in [2.45, 2.75) is 51.5 Å². The molecule has 0 aliphatic carbocycles. The van der Waals surface area contributed by atoms with Gasteiger partial charge in [0.2, 0.25) is 0 Å². The van der Waals surface area contributed by atoms with Crippen LogP contribution in [0.3, 0.4) is 0 Å². The van der Waals surface area contributed by atoms with Crippen LogP contribution in [0.4, 0.5) is 4.39 Å². The molecule has 0 aromatic heterocycles. The van der Waals surface area contributed by atoms with E-state index in [-0.39, 0.29) is 13.2 Å². The Morgan fingerprint density at radius 3 is 2.48 bits per heavy atom. The van der Waals surface area contributed by atoms with E-state index < -0.39 is 12.0 Å². The van der Waals surface area contributed by atoms with Crippen molar-refractivity contribution in [1.82, 2.24) is 0 Å². The van der Waals surface area contributed by atoms with Gasteiger partial charge in [0.1, 0.15) is 0 Å². The molecule has 3 heteroatoms. The van der Waals surface area contributed by atoms with Crippen LogP contribution in [0.1, 0.15) is 50.5 Å². The zero-order chi connectivity index (χ0) is 15.1. The largest absolute Gasteiger partial charge is 0.345 e. The van der Waals surface area contributed by atoms with Crippen molar-refractivity contribution in [2.75, 3.05) is 13.2 Å². The fraction of sp³-hybridized carbons (Fsp3) is 0.556. The second kappa shape index (κ2) is 7.71.